The highest BCUT2D eigenvalue weighted by Gasteiger charge is 2.13. The van der Waals surface area contributed by atoms with Crippen molar-refractivity contribution in [3.63, 3.8) is 0 Å². The number of ether oxygens (including phenoxy) is 1. The lowest BCUT2D eigenvalue weighted by atomic mass is 10.0. The van der Waals surface area contributed by atoms with Crippen LogP contribution in [-0.4, -0.2) is 18.0 Å². The Bertz CT molecular complexity index is 1630. The first-order chi connectivity index (χ1) is 16.9. The number of carbonyl (C=O) groups is 1. The molecule has 1 N–H and O–H groups in total. The zero-order valence-electron chi connectivity index (χ0n) is 18.3. The van der Waals surface area contributed by atoms with Crippen LogP contribution in [0.2, 0.25) is 5.02 Å². The summed E-state index contributed by atoms with van der Waals surface area (Å²) in [5.74, 6) is 0.849. The minimum Gasteiger partial charge on any atom is -0.495 e. The fourth-order valence-electron chi connectivity index (χ4n) is 3.85. The van der Waals surface area contributed by atoms with Gasteiger partial charge in [-0.05, 0) is 69.9 Å². The van der Waals surface area contributed by atoms with Gasteiger partial charge >= 0.3 is 0 Å². The number of halogens is 3. The maximum Gasteiger partial charge on any atom is 0.248 e. The topological polar surface area (TPSA) is 64.4 Å². The zero-order valence-corrected chi connectivity index (χ0v) is 22.2. The second-order valence-electron chi connectivity index (χ2n) is 7.67. The van der Waals surface area contributed by atoms with E-state index in [1.807, 2.05) is 48.5 Å². The molecule has 0 saturated carbocycles. The Kier molecular flexibility index (Phi) is 6.65. The second-order valence-corrected chi connectivity index (χ2v) is 9.85. The van der Waals surface area contributed by atoms with Gasteiger partial charge in [-0.2, -0.15) is 0 Å². The SMILES string of the molecule is COc1c(Br)cc(Br)cc1/C=C/C(=O)Nc1ccc2oc(-c3cccc4c(Cl)cccc34)nc2c1. The number of hydrogen-bond acceptors (Lipinski definition) is 4. The molecule has 0 aliphatic carbocycles. The summed E-state index contributed by atoms with van der Waals surface area (Å²) >= 11 is 13.3. The third kappa shape index (κ3) is 4.85. The first-order valence-electron chi connectivity index (χ1n) is 10.5. The Labute approximate surface area is 223 Å². The van der Waals surface area contributed by atoms with Crippen LogP contribution in [-0.2, 0) is 4.79 Å². The summed E-state index contributed by atoms with van der Waals surface area (Å²) in [6.45, 7) is 0. The molecule has 0 spiro atoms. The molecule has 174 valence electrons. The molecule has 0 atom stereocenters. The van der Waals surface area contributed by atoms with Crippen LogP contribution in [0.25, 0.3) is 39.4 Å². The second kappa shape index (κ2) is 9.85. The van der Waals surface area contributed by atoms with E-state index in [1.165, 1.54) is 6.08 Å². The molecule has 5 nitrogen and oxygen atoms in total. The van der Waals surface area contributed by atoms with Gasteiger partial charge in [0.25, 0.3) is 0 Å². The van der Waals surface area contributed by atoms with E-state index in [1.54, 1.807) is 31.4 Å². The molecule has 0 aliphatic heterocycles. The number of hydrogen-bond donors (Lipinski definition) is 1. The number of nitrogens with one attached hydrogen (secondary N) is 1. The maximum atomic E-state index is 12.6. The normalized spacial score (nSPS) is 11.4. The van der Waals surface area contributed by atoms with Gasteiger partial charge in [-0.25, -0.2) is 4.98 Å². The predicted octanol–water partition coefficient (Wildman–Crippen LogP) is 8.49. The van der Waals surface area contributed by atoms with Crippen molar-refractivity contribution in [3.05, 3.63) is 92.3 Å². The van der Waals surface area contributed by atoms with Gasteiger partial charge in [0.05, 0.1) is 11.6 Å². The molecular formula is C27H17Br2ClN2O3. The Balaban J connectivity index is 1.40. The van der Waals surface area contributed by atoms with Crippen LogP contribution < -0.4 is 10.1 Å². The minimum absolute atomic E-state index is 0.282. The van der Waals surface area contributed by atoms with E-state index in [0.29, 0.717) is 33.4 Å². The van der Waals surface area contributed by atoms with E-state index in [0.717, 1.165) is 30.8 Å². The maximum absolute atomic E-state index is 12.6. The molecule has 5 aromatic rings. The summed E-state index contributed by atoms with van der Waals surface area (Å²) in [4.78, 5) is 17.2. The summed E-state index contributed by atoms with van der Waals surface area (Å²) < 4.78 is 13.1. The van der Waals surface area contributed by atoms with Gasteiger partial charge in [0.15, 0.2) is 5.58 Å². The molecule has 8 heteroatoms. The molecule has 0 aliphatic rings. The zero-order chi connectivity index (χ0) is 24.5. The fraction of sp³-hybridized carbons (Fsp3) is 0.0370. The van der Waals surface area contributed by atoms with Crippen LogP contribution >= 0.6 is 43.5 Å². The number of benzene rings is 4. The highest BCUT2D eigenvalue weighted by atomic mass is 79.9. The van der Waals surface area contributed by atoms with Crippen molar-refractivity contribution in [3.8, 4) is 17.2 Å². The van der Waals surface area contributed by atoms with Gasteiger partial charge in [-0.3, -0.25) is 4.79 Å². The lowest BCUT2D eigenvalue weighted by Gasteiger charge is -2.08. The van der Waals surface area contributed by atoms with E-state index in [2.05, 4.69) is 42.2 Å². The number of nitrogens with zero attached hydrogens (tertiary/aromatic N) is 1. The highest BCUT2D eigenvalue weighted by molar-refractivity contribution is 9.11. The molecular weight excluding hydrogens is 596 g/mol. The van der Waals surface area contributed by atoms with Crippen molar-refractivity contribution in [2.75, 3.05) is 12.4 Å². The Morgan fingerprint density at radius 1 is 1.06 bits per heavy atom. The minimum atomic E-state index is -0.282. The predicted molar refractivity (Wildman–Crippen MR) is 148 cm³/mol. The van der Waals surface area contributed by atoms with E-state index < -0.39 is 0 Å². The molecule has 35 heavy (non-hydrogen) atoms. The van der Waals surface area contributed by atoms with Crippen LogP contribution in [0.3, 0.4) is 0 Å². The Morgan fingerprint density at radius 3 is 2.69 bits per heavy atom. The van der Waals surface area contributed by atoms with E-state index in [-0.39, 0.29) is 5.91 Å². The number of anilines is 1. The van der Waals surface area contributed by atoms with Crippen molar-refractivity contribution in [1.82, 2.24) is 4.98 Å². The molecule has 0 unspecified atom stereocenters. The number of carbonyl (C=O) groups excluding carboxylic acids is 1. The standard InChI is InChI=1S/C27H17Br2ClN2O3/c1-34-26-15(12-16(28)13-21(26)29)8-11-25(33)31-17-9-10-24-23(14-17)32-27(35-24)20-6-2-5-19-18(20)4-3-7-22(19)30/h2-14H,1H3,(H,31,33)/b11-8+. The number of rotatable bonds is 5. The molecule has 4 aromatic carbocycles. The highest BCUT2D eigenvalue weighted by Crippen LogP contribution is 2.35. The van der Waals surface area contributed by atoms with Gasteiger partial charge < -0.3 is 14.5 Å². The van der Waals surface area contributed by atoms with Gasteiger partial charge in [0.2, 0.25) is 11.8 Å². The van der Waals surface area contributed by atoms with Crippen molar-refractivity contribution in [2.24, 2.45) is 0 Å². The van der Waals surface area contributed by atoms with Crippen molar-refractivity contribution >= 4 is 83.0 Å². The van der Waals surface area contributed by atoms with Crippen molar-refractivity contribution in [1.29, 1.82) is 0 Å². The molecule has 1 aromatic heterocycles. The fourth-order valence-corrected chi connectivity index (χ4v) is 5.50. The van der Waals surface area contributed by atoms with E-state index in [4.69, 9.17) is 20.8 Å². The lowest BCUT2D eigenvalue weighted by Crippen LogP contribution is -2.07. The molecule has 1 heterocycles. The number of oxazole rings is 1. The average Bonchev–Trinajstić information content (AvgIpc) is 3.26. The largest absolute Gasteiger partial charge is 0.495 e. The van der Waals surface area contributed by atoms with Crippen LogP contribution in [0.15, 0.2) is 86.2 Å². The van der Waals surface area contributed by atoms with Crippen molar-refractivity contribution < 1.29 is 13.9 Å². The summed E-state index contributed by atoms with van der Waals surface area (Å²) in [5, 5.41) is 5.43. The number of fused-ring (bicyclic) bond motifs is 2. The van der Waals surface area contributed by atoms with E-state index in [9.17, 15) is 4.79 Å². The van der Waals surface area contributed by atoms with Crippen LogP contribution in [0.4, 0.5) is 5.69 Å². The average molecular weight is 613 g/mol. The lowest BCUT2D eigenvalue weighted by molar-refractivity contribution is -0.111. The van der Waals surface area contributed by atoms with Crippen LogP contribution in [0.5, 0.6) is 5.75 Å². The monoisotopic (exact) mass is 610 g/mol. The molecule has 0 saturated heterocycles. The Hall–Kier alpha value is -3.13. The van der Waals surface area contributed by atoms with Crippen LogP contribution in [0.1, 0.15) is 5.56 Å². The smallest absolute Gasteiger partial charge is 0.248 e. The summed E-state index contributed by atoms with van der Waals surface area (Å²) in [7, 11) is 1.58. The van der Waals surface area contributed by atoms with Gasteiger partial charge in [-0.15, -0.1) is 0 Å². The van der Waals surface area contributed by atoms with Gasteiger partial charge in [0, 0.05) is 37.8 Å². The first kappa shape index (κ1) is 23.6. The molecule has 0 fully saturated rings. The van der Waals surface area contributed by atoms with Gasteiger partial charge in [0.1, 0.15) is 11.3 Å². The molecule has 5 rings (SSSR count). The third-order valence-corrected chi connectivity index (χ3v) is 6.79. The summed E-state index contributed by atoms with van der Waals surface area (Å²) in [5.41, 5.74) is 3.48. The molecule has 0 bridgehead atoms. The van der Waals surface area contributed by atoms with E-state index >= 15 is 0 Å². The molecule has 0 radical (unpaired) electrons. The number of amides is 1. The van der Waals surface area contributed by atoms with Crippen molar-refractivity contribution in [2.45, 2.75) is 0 Å². The third-order valence-electron chi connectivity index (χ3n) is 5.41. The summed E-state index contributed by atoms with van der Waals surface area (Å²) in [6.07, 6.45) is 3.15. The number of methoxy groups -OCH3 is 1. The number of aromatic nitrogens is 1. The quantitative estimate of drug-likeness (QED) is 0.202. The van der Waals surface area contributed by atoms with Gasteiger partial charge in [-0.1, -0.05) is 51.8 Å². The Morgan fingerprint density at radius 2 is 1.86 bits per heavy atom. The molecule has 1 amide bonds. The first-order valence-corrected chi connectivity index (χ1v) is 12.5. The van der Waals surface area contributed by atoms with Crippen LogP contribution in [0, 0.1) is 0 Å². The summed E-state index contributed by atoms with van der Waals surface area (Å²) in [6, 6.07) is 20.7.